The lowest BCUT2D eigenvalue weighted by atomic mass is 10.0. The molecule has 0 spiro atoms. The zero-order valence-electron chi connectivity index (χ0n) is 16.4. The predicted octanol–water partition coefficient (Wildman–Crippen LogP) is 6.25. The molecule has 2 aromatic heterocycles. The van der Waals surface area contributed by atoms with E-state index in [1.165, 1.54) is 18.2 Å². The first-order valence-electron chi connectivity index (χ1n) is 9.14. The van der Waals surface area contributed by atoms with Gasteiger partial charge < -0.3 is 11.1 Å². The minimum atomic E-state index is -4.70. The Kier molecular flexibility index (Phi) is 5.84. The van der Waals surface area contributed by atoms with E-state index in [0.717, 1.165) is 24.4 Å². The number of anilines is 2. The van der Waals surface area contributed by atoms with Gasteiger partial charge in [-0.25, -0.2) is 9.97 Å². The maximum absolute atomic E-state index is 13.6. The summed E-state index contributed by atoms with van der Waals surface area (Å²) in [7, 11) is 0. The van der Waals surface area contributed by atoms with E-state index in [4.69, 9.17) is 5.73 Å². The van der Waals surface area contributed by atoms with E-state index in [1.54, 1.807) is 6.07 Å². The van der Waals surface area contributed by atoms with Crippen molar-refractivity contribution in [3.8, 4) is 22.5 Å². The highest BCUT2D eigenvalue weighted by Gasteiger charge is 2.35. The highest BCUT2D eigenvalue weighted by atomic mass is 19.4. The van der Waals surface area contributed by atoms with Gasteiger partial charge in [0.1, 0.15) is 5.82 Å². The van der Waals surface area contributed by atoms with E-state index in [9.17, 15) is 26.3 Å². The van der Waals surface area contributed by atoms with Crippen LogP contribution in [-0.4, -0.2) is 16.0 Å². The molecule has 0 saturated carbocycles. The monoisotopic (exact) mass is 440 g/mol. The van der Waals surface area contributed by atoms with Crippen LogP contribution in [0, 0.1) is 0 Å². The molecule has 2 heterocycles. The second-order valence-corrected chi connectivity index (χ2v) is 7.12. The second-order valence-electron chi connectivity index (χ2n) is 7.12. The van der Waals surface area contributed by atoms with Crippen LogP contribution in [0.2, 0.25) is 0 Å². The first kappa shape index (κ1) is 22.4. The van der Waals surface area contributed by atoms with Gasteiger partial charge in [-0.05, 0) is 44.2 Å². The van der Waals surface area contributed by atoms with Crippen molar-refractivity contribution in [3.63, 3.8) is 0 Å². The fourth-order valence-corrected chi connectivity index (χ4v) is 3.04. The maximum atomic E-state index is 13.6. The molecule has 3 aromatic rings. The highest BCUT2D eigenvalue weighted by molar-refractivity contribution is 5.79. The predicted molar refractivity (Wildman–Crippen MR) is 106 cm³/mol. The molecular formula is C21H18F6N4. The molecule has 31 heavy (non-hydrogen) atoms. The van der Waals surface area contributed by atoms with Crippen LogP contribution < -0.4 is 11.1 Å². The van der Waals surface area contributed by atoms with Crippen LogP contribution in [0.5, 0.6) is 0 Å². The Balaban J connectivity index is 2.20. The molecule has 0 aliphatic rings. The summed E-state index contributed by atoms with van der Waals surface area (Å²) in [5.74, 6) is -0.359. The van der Waals surface area contributed by atoms with Crippen molar-refractivity contribution in [1.29, 1.82) is 0 Å². The van der Waals surface area contributed by atoms with E-state index < -0.39 is 29.0 Å². The first-order chi connectivity index (χ1) is 14.4. The largest absolute Gasteiger partial charge is 0.417 e. The molecule has 0 aliphatic heterocycles. The lowest BCUT2D eigenvalue weighted by Crippen LogP contribution is -2.12. The average Bonchev–Trinajstić information content (AvgIpc) is 2.65. The molecule has 3 N–H and O–H groups in total. The molecule has 0 fully saturated rings. The lowest BCUT2D eigenvalue weighted by Gasteiger charge is -2.17. The second kappa shape index (κ2) is 8.09. The number of nitrogens with two attached hydrogens (primary N) is 1. The van der Waals surface area contributed by atoms with Crippen molar-refractivity contribution in [3.05, 3.63) is 59.8 Å². The summed E-state index contributed by atoms with van der Waals surface area (Å²) in [6.07, 6.45) is -8.26. The van der Waals surface area contributed by atoms with Crippen LogP contribution in [0.1, 0.15) is 25.0 Å². The number of halogens is 6. The van der Waals surface area contributed by atoms with Gasteiger partial charge in [0.15, 0.2) is 0 Å². The zero-order chi connectivity index (χ0) is 23.0. The van der Waals surface area contributed by atoms with Gasteiger partial charge in [-0.1, -0.05) is 12.1 Å². The van der Waals surface area contributed by atoms with Gasteiger partial charge in [-0.3, -0.25) is 0 Å². The minimum Gasteiger partial charge on any atom is -0.383 e. The summed E-state index contributed by atoms with van der Waals surface area (Å²) in [5, 5.41) is 3.08. The number of alkyl halides is 6. The lowest BCUT2D eigenvalue weighted by molar-refractivity contribution is -0.138. The molecule has 0 amide bonds. The third-order valence-electron chi connectivity index (χ3n) is 4.33. The normalized spacial score (nSPS) is 12.3. The van der Waals surface area contributed by atoms with E-state index in [0.29, 0.717) is 11.3 Å². The average molecular weight is 440 g/mol. The molecule has 1 aromatic carbocycles. The van der Waals surface area contributed by atoms with Crippen LogP contribution in [0.3, 0.4) is 0 Å². The van der Waals surface area contributed by atoms with Gasteiger partial charge in [0.05, 0.1) is 28.1 Å². The van der Waals surface area contributed by atoms with E-state index in [-0.39, 0.29) is 23.2 Å². The van der Waals surface area contributed by atoms with Gasteiger partial charge in [-0.15, -0.1) is 0 Å². The summed E-state index contributed by atoms with van der Waals surface area (Å²) in [5.41, 5.74) is 4.34. The summed E-state index contributed by atoms with van der Waals surface area (Å²) in [6.45, 7) is 3.66. The van der Waals surface area contributed by atoms with Gasteiger partial charge in [0, 0.05) is 23.5 Å². The molecule has 10 heteroatoms. The van der Waals surface area contributed by atoms with Crippen LogP contribution in [-0.2, 0) is 12.4 Å². The highest BCUT2D eigenvalue weighted by Crippen LogP contribution is 2.40. The summed E-state index contributed by atoms with van der Waals surface area (Å²) >= 11 is 0. The Bertz CT molecular complexity index is 1070. The topological polar surface area (TPSA) is 63.8 Å². The molecule has 0 aliphatic carbocycles. The van der Waals surface area contributed by atoms with Crippen molar-refractivity contribution in [2.45, 2.75) is 32.2 Å². The Morgan fingerprint density at radius 1 is 0.871 bits per heavy atom. The summed E-state index contributed by atoms with van der Waals surface area (Å²) in [4.78, 5) is 8.02. The van der Waals surface area contributed by atoms with Gasteiger partial charge >= 0.3 is 12.4 Å². The summed E-state index contributed by atoms with van der Waals surface area (Å²) in [6, 6.07) is 7.88. The standard InChI is InChI=1S/C21H18F6N4/c1-11(2)30-14-9-16(12-3-5-13(6-4-12)20(22,23)24)31-17(10-14)18-15(21(25,26)27)7-8-29-19(18)28/h3-11H,1-2H3,(H2,28,29)(H,30,31). The van der Waals surface area contributed by atoms with Gasteiger partial charge in [0.25, 0.3) is 0 Å². The maximum Gasteiger partial charge on any atom is 0.417 e. The Hall–Kier alpha value is -3.30. The molecular weight excluding hydrogens is 422 g/mol. The number of pyridine rings is 2. The minimum absolute atomic E-state index is 0.0657. The number of benzene rings is 1. The van der Waals surface area contributed by atoms with Crippen molar-refractivity contribution < 1.29 is 26.3 Å². The van der Waals surface area contributed by atoms with Crippen molar-refractivity contribution >= 4 is 11.5 Å². The first-order valence-corrected chi connectivity index (χ1v) is 9.14. The molecule has 4 nitrogen and oxygen atoms in total. The van der Waals surface area contributed by atoms with Crippen LogP contribution in [0.15, 0.2) is 48.7 Å². The van der Waals surface area contributed by atoms with Crippen molar-refractivity contribution in [2.24, 2.45) is 0 Å². The SMILES string of the molecule is CC(C)Nc1cc(-c2ccc(C(F)(F)F)cc2)nc(-c2c(C(F)(F)F)ccnc2N)c1. The third-order valence-corrected chi connectivity index (χ3v) is 4.33. The number of nitrogen functional groups attached to an aromatic ring is 1. The zero-order valence-corrected chi connectivity index (χ0v) is 16.4. The van der Waals surface area contributed by atoms with Crippen molar-refractivity contribution in [1.82, 2.24) is 9.97 Å². The van der Waals surface area contributed by atoms with E-state index in [2.05, 4.69) is 15.3 Å². The number of nitrogens with one attached hydrogen (secondary N) is 1. The fraction of sp³-hybridized carbons (Fsp3) is 0.238. The number of hydrogen-bond donors (Lipinski definition) is 2. The Morgan fingerprint density at radius 3 is 2.03 bits per heavy atom. The van der Waals surface area contributed by atoms with Gasteiger partial charge in [-0.2, -0.15) is 26.3 Å². The number of rotatable bonds is 4. The molecule has 0 radical (unpaired) electrons. The van der Waals surface area contributed by atoms with Crippen molar-refractivity contribution in [2.75, 3.05) is 11.1 Å². The summed E-state index contributed by atoms with van der Waals surface area (Å²) < 4.78 is 79.3. The Labute approximate surface area is 174 Å². The molecule has 3 rings (SSSR count). The van der Waals surface area contributed by atoms with Crippen LogP contribution >= 0.6 is 0 Å². The van der Waals surface area contributed by atoms with E-state index >= 15 is 0 Å². The quantitative estimate of drug-likeness (QED) is 0.471. The van der Waals surface area contributed by atoms with E-state index in [1.807, 2.05) is 13.8 Å². The van der Waals surface area contributed by atoms with Crippen LogP contribution in [0.4, 0.5) is 37.8 Å². The fourth-order valence-electron chi connectivity index (χ4n) is 3.04. The number of hydrogen-bond acceptors (Lipinski definition) is 4. The van der Waals surface area contributed by atoms with Crippen LogP contribution in [0.25, 0.3) is 22.5 Å². The molecule has 0 unspecified atom stereocenters. The van der Waals surface area contributed by atoms with Gasteiger partial charge in [0.2, 0.25) is 0 Å². The number of nitrogens with zero attached hydrogens (tertiary/aromatic N) is 2. The number of aromatic nitrogens is 2. The molecule has 0 bridgehead atoms. The smallest absolute Gasteiger partial charge is 0.383 e. The molecule has 0 saturated heterocycles. The molecule has 164 valence electrons. The molecule has 0 atom stereocenters. The third kappa shape index (κ3) is 5.07. The Morgan fingerprint density at radius 2 is 1.48 bits per heavy atom.